The van der Waals surface area contributed by atoms with Gasteiger partial charge in [0.2, 0.25) is 5.96 Å². The third kappa shape index (κ3) is 6.10. The monoisotopic (exact) mass is 264 g/mol. The number of nitrogens with two attached hydrogens (primary N) is 1. The molecule has 0 aliphatic carbocycles. The minimum absolute atomic E-state index is 0.495. The normalized spacial score (nSPS) is 11.5. The number of hydrogen-bond donors (Lipinski definition) is 3. The Morgan fingerprint density at radius 1 is 1.32 bits per heavy atom. The summed E-state index contributed by atoms with van der Waals surface area (Å²) in [4.78, 5) is 4.35. The quantitative estimate of drug-likeness (QED) is 0.319. The molecule has 0 amide bonds. The molecule has 0 saturated carbocycles. The molecule has 1 aromatic carbocycles. The number of nitrogens with zero attached hydrogens (tertiary/aromatic N) is 1. The van der Waals surface area contributed by atoms with Crippen LogP contribution in [-0.2, 0) is 0 Å². The predicted octanol–water partition coefficient (Wildman–Crippen LogP) is 2.36. The van der Waals surface area contributed by atoms with Crippen molar-refractivity contribution in [2.45, 2.75) is 27.2 Å². The third-order valence-corrected chi connectivity index (χ3v) is 2.34. The first-order valence-electron chi connectivity index (χ1n) is 6.66. The van der Waals surface area contributed by atoms with Crippen molar-refractivity contribution in [3.05, 3.63) is 24.3 Å². The molecule has 0 heterocycles. The maximum absolute atomic E-state index is 5.52. The van der Waals surface area contributed by atoms with Crippen LogP contribution in [0.4, 0.5) is 5.69 Å². The van der Waals surface area contributed by atoms with E-state index in [-0.39, 0.29) is 0 Å². The molecule has 0 fully saturated rings. The van der Waals surface area contributed by atoms with E-state index in [1.807, 2.05) is 24.3 Å². The van der Waals surface area contributed by atoms with Gasteiger partial charge in [0.15, 0.2) is 0 Å². The topological polar surface area (TPSA) is 71.7 Å². The largest absolute Gasteiger partial charge is 0.494 e. The smallest absolute Gasteiger partial charge is 0.210 e. The minimum Gasteiger partial charge on any atom is -0.494 e. The van der Waals surface area contributed by atoms with Crippen LogP contribution in [0.5, 0.6) is 5.75 Å². The zero-order valence-corrected chi connectivity index (χ0v) is 11.9. The summed E-state index contributed by atoms with van der Waals surface area (Å²) in [5.41, 5.74) is 3.48. The lowest BCUT2D eigenvalue weighted by molar-refractivity contribution is 0.317. The van der Waals surface area contributed by atoms with Crippen LogP contribution >= 0.6 is 0 Å². The molecule has 0 saturated heterocycles. The Labute approximate surface area is 115 Å². The average Bonchev–Trinajstić information content (AvgIpc) is 2.42. The van der Waals surface area contributed by atoms with Gasteiger partial charge < -0.3 is 10.1 Å². The van der Waals surface area contributed by atoms with E-state index in [9.17, 15) is 0 Å². The van der Waals surface area contributed by atoms with Crippen molar-refractivity contribution in [3.63, 3.8) is 0 Å². The molecule has 5 heteroatoms. The van der Waals surface area contributed by atoms with Crippen molar-refractivity contribution in [1.29, 1.82) is 0 Å². The molecule has 0 spiro atoms. The Balaban J connectivity index is 2.57. The maximum atomic E-state index is 5.52. The number of nitrogens with one attached hydrogen (secondary N) is 2. The van der Waals surface area contributed by atoms with Gasteiger partial charge in [0.25, 0.3) is 0 Å². The van der Waals surface area contributed by atoms with Crippen molar-refractivity contribution in [1.82, 2.24) is 5.43 Å². The highest BCUT2D eigenvalue weighted by Gasteiger charge is 2.00. The second kappa shape index (κ2) is 8.37. The van der Waals surface area contributed by atoms with Crippen LogP contribution < -0.4 is 21.3 Å². The first kappa shape index (κ1) is 15.3. The molecular formula is C14H24N4O. The van der Waals surface area contributed by atoms with Gasteiger partial charge in [-0.3, -0.25) is 10.4 Å². The lowest BCUT2D eigenvalue weighted by Crippen LogP contribution is -2.36. The zero-order chi connectivity index (χ0) is 14.1. The van der Waals surface area contributed by atoms with Crippen molar-refractivity contribution in [3.8, 4) is 5.75 Å². The molecule has 1 rings (SSSR count). The van der Waals surface area contributed by atoms with E-state index < -0.39 is 0 Å². The number of anilines is 1. The van der Waals surface area contributed by atoms with Gasteiger partial charge in [0, 0.05) is 12.2 Å². The molecule has 1 aromatic rings. The summed E-state index contributed by atoms with van der Waals surface area (Å²) in [5, 5.41) is 3.13. The highest BCUT2D eigenvalue weighted by atomic mass is 16.5. The summed E-state index contributed by atoms with van der Waals surface area (Å²) in [6.45, 7) is 7.76. The molecule has 0 bridgehead atoms. The van der Waals surface area contributed by atoms with Crippen molar-refractivity contribution < 1.29 is 4.74 Å². The van der Waals surface area contributed by atoms with Gasteiger partial charge in [0.1, 0.15) is 5.75 Å². The molecule has 5 nitrogen and oxygen atoms in total. The van der Waals surface area contributed by atoms with Gasteiger partial charge in [-0.15, -0.1) is 0 Å². The van der Waals surface area contributed by atoms with Crippen LogP contribution in [0.2, 0.25) is 0 Å². The number of aliphatic imine (C=N–C) groups is 1. The van der Waals surface area contributed by atoms with Crippen LogP contribution in [0, 0.1) is 5.92 Å². The first-order chi connectivity index (χ1) is 9.15. The summed E-state index contributed by atoms with van der Waals surface area (Å²) in [7, 11) is 0. The molecule has 0 radical (unpaired) electrons. The number of ether oxygens (including phenoxy) is 1. The fraction of sp³-hybridized carbons (Fsp3) is 0.500. The van der Waals surface area contributed by atoms with Crippen LogP contribution in [0.3, 0.4) is 0 Å². The van der Waals surface area contributed by atoms with Crippen LogP contribution in [0.15, 0.2) is 29.3 Å². The first-order valence-corrected chi connectivity index (χ1v) is 6.66. The lowest BCUT2D eigenvalue weighted by atomic mass is 10.2. The van der Waals surface area contributed by atoms with Gasteiger partial charge >= 0.3 is 0 Å². The highest BCUT2D eigenvalue weighted by Crippen LogP contribution is 2.15. The summed E-state index contributed by atoms with van der Waals surface area (Å²) in [6.07, 6.45) is 1.00. The van der Waals surface area contributed by atoms with Crippen LogP contribution in [0.1, 0.15) is 27.2 Å². The Morgan fingerprint density at radius 3 is 2.53 bits per heavy atom. The summed E-state index contributed by atoms with van der Waals surface area (Å²) in [5.74, 6) is 7.36. The van der Waals surface area contributed by atoms with Crippen molar-refractivity contribution >= 4 is 11.6 Å². The standard InChI is InChI=1S/C14H24N4O/c1-4-9-19-13-7-5-12(6-8-13)17-14(18-15)16-10-11(2)3/h5-8,11H,4,9-10,15H2,1-3H3,(H2,16,17,18). The molecule has 0 aromatic heterocycles. The lowest BCUT2D eigenvalue weighted by Gasteiger charge is -2.11. The van der Waals surface area contributed by atoms with Gasteiger partial charge in [0.05, 0.1) is 6.61 Å². The molecule has 0 atom stereocenters. The van der Waals surface area contributed by atoms with Crippen LogP contribution in [0.25, 0.3) is 0 Å². The van der Waals surface area contributed by atoms with Crippen molar-refractivity contribution in [2.75, 3.05) is 18.5 Å². The number of rotatable bonds is 6. The molecule has 4 N–H and O–H groups in total. The van der Waals surface area contributed by atoms with Gasteiger partial charge in [-0.25, -0.2) is 5.84 Å². The number of hydrogen-bond acceptors (Lipinski definition) is 3. The van der Waals surface area contributed by atoms with E-state index in [0.29, 0.717) is 11.9 Å². The van der Waals surface area contributed by atoms with E-state index in [0.717, 1.165) is 31.0 Å². The van der Waals surface area contributed by atoms with E-state index >= 15 is 0 Å². The number of hydrazine groups is 1. The van der Waals surface area contributed by atoms with E-state index in [2.05, 4.69) is 36.5 Å². The molecule has 0 aliphatic rings. The molecule has 106 valence electrons. The molecular weight excluding hydrogens is 240 g/mol. The van der Waals surface area contributed by atoms with Gasteiger partial charge in [-0.05, 0) is 36.6 Å². The van der Waals surface area contributed by atoms with Crippen LogP contribution in [-0.4, -0.2) is 19.1 Å². The summed E-state index contributed by atoms with van der Waals surface area (Å²) >= 11 is 0. The second-order valence-corrected chi connectivity index (χ2v) is 4.73. The van der Waals surface area contributed by atoms with E-state index in [4.69, 9.17) is 10.6 Å². The summed E-state index contributed by atoms with van der Waals surface area (Å²) < 4.78 is 5.52. The Morgan fingerprint density at radius 2 is 2.00 bits per heavy atom. The third-order valence-electron chi connectivity index (χ3n) is 2.34. The van der Waals surface area contributed by atoms with E-state index in [1.54, 1.807) is 0 Å². The molecule has 0 aliphatic heterocycles. The SMILES string of the molecule is CCCOc1ccc(NC(=NCC(C)C)NN)cc1. The summed E-state index contributed by atoms with van der Waals surface area (Å²) in [6, 6.07) is 7.73. The zero-order valence-electron chi connectivity index (χ0n) is 11.9. The Hall–Kier alpha value is -1.75. The molecule has 0 unspecified atom stereocenters. The Kier molecular flexibility index (Phi) is 6.74. The average molecular weight is 264 g/mol. The Bertz CT molecular complexity index is 387. The highest BCUT2D eigenvalue weighted by molar-refractivity contribution is 5.93. The van der Waals surface area contributed by atoms with Gasteiger partial charge in [-0.1, -0.05) is 20.8 Å². The minimum atomic E-state index is 0.495. The van der Waals surface area contributed by atoms with E-state index in [1.165, 1.54) is 0 Å². The second-order valence-electron chi connectivity index (χ2n) is 4.73. The van der Waals surface area contributed by atoms with Gasteiger partial charge in [-0.2, -0.15) is 0 Å². The maximum Gasteiger partial charge on any atom is 0.210 e. The fourth-order valence-corrected chi connectivity index (χ4v) is 1.39. The predicted molar refractivity (Wildman–Crippen MR) is 80.3 cm³/mol. The molecule has 19 heavy (non-hydrogen) atoms. The van der Waals surface area contributed by atoms with Crippen molar-refractivity contribution in [2.24, 2.45) is 16.8 Å². The number of guanidine groups is 1. The fourth-order valence-electron chi connectivity index (χ4n) is 1.39. The number of benzene rings is 1.